The number of aromatic nitrogens is 1. The number of hydrogen-bond donors (Lipinski definition) is 1. The van der Waals surface area contributed by atoms with E-state index in [1.165, 1.54) is 7.69 Å². The van der Waals surface area contributed by atoms with Gasteiger partial charge in [-0.15, -0.1) is 0 Å². The molecule has 87 valence electrons. The van der Waals surface area contributed by atoms with E-state index in [2.05, 4.69) is 4.98 Å². The summed E-state index contributed by atoms with van der Waals surface area (Å²) in [7, 11) is 1.42. The zero-order valence-corrected chi connectivity index (χ0v) is 10.2. The van der Waals surface area contributed by atoms with E-state index in [0.29, 0.717) is 5.82 Å². The van der Waals surface area contributed by atoms with Gasteiger partial charge in [0.2, 0.25) is 0 Å². The Morgan fingerprint density at radius 3 is 1.88 bits per heavy atom. The molecule has 1 aliphatic heterocycles. The van der Waals surface area contributed by atoms with Crippen LogP contribution >= 0.6 is 0 Å². The number of hydrogen-bond acceptors (Lipinski definition) is 4. The SMILES string of the molecule is CC1(C)O[B]OC1(C)C.Nc1ccccn1. The third kappa shape index (κ3) is 3.22. The largest absolute Gasteiger partial charge is 0.488 e. The Morgan fingerprint density at radius 1 is 1.12 bits per heavy atom. The summed E-state index contributed by atoms with van der Waals surface area (Å²) in [5, 5.41) is 0. The van der Waals surface area contributed by atoms with Crippen LogP contribution in [0.4, 0.5) is 5.82 Å². The summed E-state index contributed by atoms with van der Waals surface area (Å²) in [6, 6.07) is 5.43. The Labute approximate surface area is 97.5 Å². The van der Waals surface area contributed by atoms with Crippen molar-refractivity contribution in [3.05, 3.63) is 24.4 Å². The summed E-state index contributed by atoms with van der Waals surface area (Å²) in [5.41, 5.74) is 4.87. The van der Waals surface area contributed by atoms with Crippen molar-refractivity contribution in [2.75, 3.05) is 5.73 Å². The molecule has 2 rings (SSSR count). The van der Waals surface area contributed by atoms with Crippen LogP contribution in [0.1, 0.15) is 27.7 Å². The Balaban J connectivity index is 0.000000165. The fourth-order valence-electron chi connectivity index (χ4n) is 0.924. The molecule has 0 aliphatic carbocycles. The van der Waals surface area contributed by atoms with Gasteiger partial charge in [-0.05, 0) is 39.8 Å². The molecular weight excluding hydrogens is 203 g/mol. The third-order valence-corrected chi connectivity index (χ3v) is 2.82. The molecule has 2 heterocycles. The van der Waals surface area contributed by atoms with Crippen LogP contribution in [0.2, 0.25) is 0 Å². The highest BCUT2D eigenvalue weighted by Gasteiger charge is 2.44. The van der Waals surface area contributed by atoms with E-state index < -0.39 is 0 Å². The lowest BCUT2D eigenvalue weighted by molar-refractivity contribution is 0.00578. The first-order valence-electron chi connectivity index (χ1n) is 5.19. The van der Waals surface area contributed by atoms with Gasteiger partial charge in [-0.3, -0.25) is 0 Å². The zero-order valence-electron chi connectivity index (χ0n) is 10.2. The standard InChI is InChI=1S/C6H12BO2.C5H6N2/c1-5(2)6(3,4)9-7-8-5;6-5-3-1-2-4-7-5/h1-4H3;1-4H,(H2,6,7). The number of nitrogens with zero attached hydrogens (tertiary/aromatic N) is 1. The first-order valence-corrected chi connectivity index (χ1v) is 5.19. The minimum atomic E-state index is -0.188. The molecule has 1 radical (unpaired) electrons. The first kappa shape index (κ1) is 13.0. The molecule has 0 saturated carbocycles. The van der Waals surface area contributed by atoms with Crippen LogP contribution < -0.4 is 5.73 Å². The average Bonchev–Trinajstić information content (AvgIpc) is 2.41. The normalized spacial score (nSPS) is 20.5. The molecule has 4 nitrogen and oxygen atoms in total. The van der Waals surface area contributed by atoms with Crippen molar-refractivity contribution >= 4 is 13.5 Å². The molecule has 1 aromatic rings. The van der Waals surface area contributed by atoms with Gasteiger partial charge in [0.1, 0.15) is 5.82 Å². The summed E-state index contributed by atoms with van der Waals surface area (Å²) in [5.74, 6) is 0.572. The van der Waals surface area contributed by atoms with Crippen LogP contribution in [0.5, 0.6) is 0 Å². The lowest BCUT2D eigenvalue weighted by Crippen LogP contribution is -2.41. The van der Waals surface area contributed by atoms with E-state index in [1.807, 2.05) is 39.8 Å². The van der Waals surface area contributed by atoms with E-state index in [0.717, 1.165) is 0 Å². The van der Waals surface area contributed by atoms with Crippen LogP contribution in [0, 0.1) is 0 Å². The van der Waals surface area contributed by atoms with E-state index in [4.69, 9.17) is 15.0 Å². The molecule has 1 saturated heterocycles. The predicted molar refractivity (Wildman–Crippen MR) is 64.7 cm³/mol. The number of anilines is 1. The number of nitrogens with two attached hydrogens (primary N) is 1. The molecule has 16 heavy (non-hydrogen) atoms. The van der Waals surface area contributed by atoms with Gasteiger partial charge in [-0.25, -0.2) is 4.98 Å². The molecule has 0 bridgehead atoms. The molecule has 0 aromatic carbocycles. The Kier molecular flexibility index (Phi) is 3.94. The molecule has 0 spiro atoms. The minimum Gasteiger partial charge on any atom is -0.405 e. The highest BCUT2D eigenvalue weighted by atomic mass is 16.7. The summed E-state index contributed by atoms with van der Waals surface area (Å²) >= 11 is 0. The van der Waals surface area contributed by atoms with Gasteiger partial charge < -0.3 is 15.0 Å². The van der Waals surface area contributed by atoms with Gasteiger partial charge in [0, 0.05) is 6.20 Å². The van der Waals surface area contributed by atoms with Gasteiger partial charge in [0.05, 0.1) is 11.2 Å². The lowest BCUT2D eigenvalue weighted by atomic mass is 9.90. The fourth-order valence-corrected chi connectivity index (χ4v) is 0.924. The van der Waals surface area contributed by atoms with Crippen LogP contribution in [0.15, 0.2) is 24.4 Å². The van der Waals surface area contributed by atoms with Crippen molar-refractivity contribution in [2.45, 2.75) is 38.9 Å². The van der Waals surface area contributed by atoms with Crippen molar-refractivity contribution in [3.8, 4) is 0 Å². The van der Waals surface area contributed by atoms with Crippen molar-refractivity contribution < 1.29 is 9.31 Å². The molecule has 2 N–H and O–H groups in total. The van der Waals surface area contributed by atoms with Crippen LogP contribution in [0.3, 0.4) is 0 Å². The first-order chi connectivity index (χ1) is 7.35. The summed E-state index contributed by atoms with van der Waals surface area (Å²) in [6.07, 6.45) is 1.66. The lowest BCUT2D eigenvalue weighted by Gasteiger charge is -2.32. The Hall–Kier alpha value is -1.07. The van der Waals surface area contributed by atoms with E-state index in [9.17, 15) is 0 Å². The van der Waals surface area contributed by atoms with Crippen molar-refractivity contribution in [1.82, 2.24) is 4.98 Å². The number of pyridine rings is 1. The molecule has 1 aromatic heterocycles. The predicted octanol–water partition coefficient (Wildman–Crippen LogP) is 1.79. The van der Waals surface area contributed by atoms with Gasteiger partial charge in [0.15, 0.2) is 0 Å². The van der Waals surface area contributed by atoms with Gasteiger partial charge in [-0.1, -0.05) is 6.07 Å². The Morgan fingerprint density at radius 2 is 1.69 bits per heavy atom. The highest BCUT2D eigenvalue weighted by molar-refractivity contribution is 6.19. The third-order valence-electron chi connectivity index (χ3n) is 2.82. The molecule has 0 amide bonds. The second-order valence-corrected chi connectivity index (χ2v) is 4.61. The quantitative estimate of drug-likeness (QED) is 0.678. The average molecular weight is 221 g/mol. The Bertz CT molecular complexity index is 314. The van der Waals surface area contributed by atoms with Crippen LogP contribution in [0.25, 0.3) is 0 Å². The summed E-state index contributed by atoms with van der Waals surface area (Å²) < 4.78 is 10.4. The number of nitrogen functional groups attached to an aromatic ring is 1. The maximum absolute atomic E-state index is 5.25. The maximum Gasteiger partial charge on any atom is 0.488 e. The van der Waals surface area contributed by atoms with E-state index in [-0.39, 0.29) is 11.2 Å². The van der Waals surface area contributed by atoms with Gasteiger partial charge >= 0.3 is 7.69 Å². The van der Waals surface area contributed by atoms with E-state index >= 15 is 0 Å². The molecule has 1 aliphatic rings. The smallest absolute Gasteiger partial charge is 0.405 e. The molecular formula is C11H18BN2O2. The zero-order chi connectivity index (χ0) is 12.2. The highest BCUT2D eigenvalue weighted by Crippen LogP contribution is 2.33. The van der Waals surface area contributed by atoms with E-state index in [1.54, 1.807) is 12.3 Å². The number of rotatable bonds is 0. The second kappa shape index (κ2) is 4.85. The monoisotopic (exact) mass is 221 g/mol. The van der Waals surface area contributed by atoms with Crippen LogP contribution in [-0.2, 0) is 9.31 Å². The second-order valence-electron chi connectivity index (χ2n) is 4.61. The molecule has 5 heteroatoms. The molecule has 1 fully saturated rings. The van der Waals surface area contributed by atoms with Crippen molar-refractivity contribution in [2.24, 2.45) is 0 Å². The van der Waals surface area contributed by atoms with Crippen molar-refractivity contribution in [3.63, 3.8) is 0 Å². The maximum atomic E-state index is 5.25. The van der Waals surface area contributed by atoms with Crippen LogP contribution in [-0.4, -0.2) is 23.9 Å². The molecule has 0 atom stereocenters. The van der Waals surface area contributed by atoms with Gasteiger partial charge in [0.25, 0.3) is 0 Å². The van der Waals surface area contributed by atoms with Gasteiger partial charge in [-0.2, -0.15) is 0 Å². The minimum absolute atomic E-state index is 0.187. The fraction of sp³-hybridized carbons (Fsp3) is 0.545. The van der Waals surface area contributed by atoms with Crippen molar-refractivity contribution in [1.29, 1.82) is 0 Å². The summed E-state index contributed by atoms with van der Waals surface area (Å²) in [6.45, 7) is 8.04. The molecule has 0 unspecified atom stereocenters. The summed E-state index contributed by atoms with van der Waals surface area (Å²) in [4.78, 5) is 3.76. The topological polar surface area (TPSA) is 57.4 Å².